The maximum Gasteiger partial charge on any atom is 0.194 e. The van der Waals surface area contributed by atoms with Crippen LogP contribution in [0.15, 0.2) is 23.3 Å². The largest absolute Gasteiger partial charge is 0.357 e. The van der Waals surface area contributed by atoms with Gasteiger partial charge >= 0.3 is 0 Å². The number of pyridine rings is 1. The van der Waals surface area contributed by atoms with E-state index < -0.39 is 0 Å². The lowest BCUT2D eigenvalue weighted by Gasteiger charge is -2.22. The topological polar surface area (TPSA) is 40.5 Å². The Kier molecular flexibility index (Phi) is 4.90. The Balaban J connectivity index is 1.69. The van der Waals surface area contributed by atoms with E-state index >= 15 is 0 Å². The first-order chi connectivity index (χ1) is 10.8. The minimum Gasteiger partial charge on any atom is -0.357 e. The summed E-state index contributed by atoms with van der Waals surface area (Å²) < 4.78 is 13.7. The molecule has 0 spiro atoms. The van der Waals surface area contributed by atoms with Crippen molar-refractivity contribution < 1.29 is 4.39 Å². The molecule has 2 unspecified atom stereocenters. The minimum atomic E-state index is -0.280. The van der Waals surface area contributed by atoms with Crippen LogP contribution < -0.4 is 5.32 Å². The van der Waals surface area contributed by atoms with Crippen LogP contribution >= 0.6 is 0 Å². The van der Waals surface area contributed by atoms with Crippen LogP contribution in [0.1, 0.15) is 38.3 Å². The number of aliphatic imine (C=N–C) groups is 1. The summed E-state index contributed by atoms with van der Waals surface area (Å²) in [6.45, 7) is 5.36. The van der Waals surface area contributed by atoms with Gasteiger partial charge < -0.3 is 10.2 Å². The molecule has 0 bridgehead atoms. The van der Waals surface area contributed by atoms with Gasteiger partial charge in [-0.3, -0.25) is 4.98 Å². The van der Waals surface area contributed by atoms with Gasteiger partial charge in [-0.15, -0.1) is 0 Å². The molecule has 1 N–H and O–H groups in total. The van der Waals surface area contributed by atoms with Gasteiger partial charge in [0.15, 0.2) is 5.96 Å². The molecule has 2 fully saturated rings. The van der Waals surface area contributed by atoms with Crippen molar-refractivity contribution in [3.63, 3.8) is 0 Å². The zero-order valence-corrected chi connectivity index (χ0v) is 13.3. The number of aromatic nitrogens is 1. The molecule has 1 saturated carbocycles. The minimum absolute atomic E-state index is 0.280. The summed E-state index contributed by atoms with van der Waals surface area (Å²) in [5.74, 6) is 2.24. The van der Waals surface area contributed by atoms with E-state index in [1.165, 1.54) is 31.7 Å². The molecule has 2 heterocycles. The summed E-state index contributed by atoms with van der Waals surface area (Å²) in [4.78, 5) is 11.0. The van der Waals surface area contributed by atoms with Gasteiger partial charge in [-0.05, 0) is 43.7 Å². The van der Waals surface area contributed by atoms with Gasteiger partial charge in [-0.2, -0.15) is 0 Å². The number of likely N-dealkylation sites (tertiary alicyclic amines) is 1. The lowest BCUT2D eigenvalue weighted by molar-refractivity contribution is 0.299. The van der Waals surface area contributed by atoms with Crippen LogP contribution in [0.3, 0.4) is 0 Å². The molecule has 120 valence electrons. The Morgan fingerprint density at radius 2 is 2.09 bits per heavy atom. The highest BCUT2D eigenvalue weighted by Gasteiger charge is 2.35. The first-order valence-corrected chi connectivity index (χ1v) is 8.40. The third kappa shape index (κ3) is 3.39. The number of fused-ring (bicyclic) bond motifs is 1. The van der Waals surface area contributed by atoms with Gasteiger partial charge in [-0.25, -0.2) is 9.38 Å². The number of halogens is 1. The number of guanidine groups is 1. The van der Waals surface area contributed by atoms with E-state index in [2.05, 4.69) is 27.1 Å². The van der Waals surface area contributed by atoms with Crippen LogP contribution in [0.2, 0.25) is 0 Å². The summed E-state index contributed by atoms with van der Waals surface area (Å²) in [5, 5.41) is 3.35. The molecule has 2 aliphatic rings. The lowest BCUT2D eigenvalue weighted by atomic mass is 9.82. The van der Waals surface area contributed by atoms with E-state index in [4.69, 9.17) is 0 Å². The Bertz CT molecular complexity index is 517. The van der Waals surface area contributed by atoms with Crippen molar-refractivity contribution in [3.05, 3.63) is 29.8 Å². The van der Waals surface area contributed by atoms with Crippen molar-refractivity contribution >= 4 is 5.96 Å². The molecule has 1 aliphatic carbocycles. The van der Waals surface area contributed by atoms with Crippen molar-refractivity contribution in [1.82, 2.24) is 15.2 Å². The van der Waals surface area contributed by atoms with Gasteiger partial charge in [0.1, 0.15) is 5.82 Å². The zero-order chi connectivity index (χ0) is 15.4. The van der Waals surface area contributed by atoms with Crippen molar-refractivity contribution in [2.24, 2.45) is 16.8 Å². The third-order valence-corrected chi connectivity index (χ3v) is 4.82. The van der Waals surface area contributed by atoms with Gasteiger partial charge in [0, 0.05) is 25.8 Å². The molecule has 1 saturated heterocycles. The van der Waals surface area contributed by atoms with E-state index in [-0.39, 0.29) is 5.82 Å². The SMILES string of the molecule is CCNC(=NCc1ncccc1F)N1CC2CCCCC2C1. The molecule has 0 amide bonds. The van der Waals surface area contributed by atoms with Crippen molar-refractivity contribution in [1.29, 1.82) is 0 Å². The highest BCUT2D eigenvalue weighted by Crippen LogP contribution is 2.35. The fraction of sp³-hybridized carbons (Fsp3) is 0.647. The fourth-order valence-electron chi connectivity index (χ4n) is 3.69. The van der Waals surface area contributed by atoms with Crippen molar-refractivity contribution in [2.45, 2.75) is 39.2 Å². The second-order valence-corrected chi connectivity index (χ2v) is 6.31. The molecule has 2 atom stereocenters. The smallest absolute Gasteiger partial charge is 0.194 e. The Hall–Kier alpha value is -1.65. The molecule has 0 aromatic carbocycles. The molecule has 22 heavy (non-hydrogen) atoms. The van der Waals surface area contributed by atoms with E-state index in [0.29, 0.717) is 12.2 Å². The predicted octanol–water partition coefficient (Wildman–Crippen LogP) is 2.81. The van der Waals surface area contributed by atoms with Crippen LogP contribution in [0, 0.1) is 17.7 Å². The number of hydrogen-bond acceptors (Lipinski definition) is 2. The molecule has 0 radical (unpaired) electrons. The van der Waals surface area contributed by atoms with Crippen LogP contribution in [0.5, 0.6) is 0 Å². The lowest BCUT2D eigenvalue weighted by Crippen LogP contribution is -2.40. The molecule has 1 aliphatic heterocycles. The first kappa shape index (κ1) is 15.3. The van der Waals surface area contributed by atoms with Crippen LogP contribution in [-0.4, -0.2) is 35.5 Å². The molecule has 3 rings (SSSR count). The van der Waals surface area contributed by atoms with E-state index in [1.807, 2.05) is 0 Å². The van der Waals surface area contributed by atoms with Crippen molar-refractivity contribution in [3.8, 4) is 0 Å². The Morgan fingerprint density at radius 1 is 1.36 bits per heavy atom. The van der Waals surface area contributed by atoms with E-state index in [0.717, 1.165) is 37.4 Å². The van der Waals surface area contributed by atoms with Gasteiger partial charge in [0.2, 0.25) is 0 Å². The number of nitrogens with zero attached hydrogens (tertiary/aromatic N) is 3. The zero-order valence-electron chi connectivity index (χ0n) is 13.3. The molecule has 1 aromatic rings. The second kappa shape index (κ2) is 7.07. The van der Waals surface area contributed by atoms with Crippen molar-refractivity contribution in [2.75, 3.05) is 19.6 Å². The predicted molar refractivity (Wildman–Crippen MR) is 86.0 cm³/mol. The molecule has 5 heteroatoms. The number of nitrogens with one attached hydrogen (secondary N) is 1. The maximum atomic E-state index is 13.7. The summed E-state index contributed by atoms with van der Waals surface area (Å²) in [7, 11) is 0. The Labute approximate surface area is 131 Å². The summed E-state index contributed by atoms with van der Waals surface area (Å²) in [6.07, 6.45) is 7.03. The van der Waals surface area contributed by atoms with Crippen LogP contribution in [0.25, 0.3) is 0 Å². The number of hydrogen-bond donors (Lipinski definition) is 1. The standard InChI is InChI=1S/C17H25FN4/c1-2-19-17(21-10-16-15(18)8-5-9-20-16)22-11-13-6-3-4-7-14(13)12-22/h5,8-9,13-14H,2-4,6-7,10-12H2,1H3,(H,19,21). The Morgan fingerprint density at radius 3 is 2.73 bits per heavy atom. The van der Waals surface area contributed by atoms with Gasteiger partial charge in [0.25, 0.3) is 0 Å². The highest BCUT2D eigenvalue weighted by atomic mass is 19.1. The molecular weight excluding hydrogens is 279 g/mol. The van der Waals surface area contributed by atoms with Crippen LogP contribution in [-0.2, 0) is 6.54 Å². The van der Waals surface area contributed by atoms with E-state index in [9.17, 15) is 4.39 Å². The summed E-state index contributed by atoms with van der Waals surface area (Å²) in [5.41, 5.74) is 0.412. The second-order valence-electron chi connectivity index (χ2n) is 6.31. The molecule has 1 aromatic heterocycles. The molecular formula is C17H25FN4. The van der Waals surface area contributed by atoms with E-state index in [1.54, 1.807) is 12.3 Å². The monoisotopic (exact) mass is 304 g/mol. The quantitative estimate of drug-likeness (QED) is 0.689. The van der Waals surface area contributed by atoms with Crippen LogP contribution in [0.4, 0.5) is 4.39 Å². The fourth-order valence-corrected chi connectivity index (χ4v) is 3.69. The normalized spacial score (nSPS) is 25.2. The van der Waals surface area contributed by atoms with Gasteiger partial charge in [-0.1, -0.05) is 12.8 Å². The third-order valence-electron chi connectivity index (χ3n) is 4.82. The summed E-state index contributed by atoms with van der Waals surface area (Å²) in [6, 6.07) is 3.05. The first-order valence-electron chi connectivity index (χ1n) is 8.40. The maximum absolute atomic E-state index is 13.7. The highest BCUT2D eigenvalue weighted by molar-refractivity contribution is 5.80. The number of rotatable bonds is 3. The molecule has 4 nitrogen and oxygen atoms in total. The average molecular weight is 304 g/mol. The average Bonchev–Trinajstić information content (AvgIpc) is 2.96. The van der Waals surface area contributed by atoms with Gasteiger partial charge in [0.05, 0.1) is 12.2 Å². The summed E-state index contributed by atoms with van der Waals surface area (Å²) >= 11 is 0.